The second-order valence-electron chi connectivity index (χ2n) is 5.07. The van der Waals surface area contributed by atoms with Gasteiger partial charge >= 0.3 is 6.01 Å². The first-order chi connectivity index (χ1) is 10.6. The molecule has 0 atom stereocenters. The summed E-state index contributed by atoms with van der Waals surface area (Å²) in [5, 5.41) is 14.2. The molecule has 1 aromatic carbocycles. The average molecular weight is 299 g/mol. The van der Waals surface area contributed by atoms with Gasteiger partial charge in [0.1, 0.15) is 0 Å². The van der Waals surface area contributed by atoms with Gasteiger partial charge in [0.15, 0.2) is 0 Å². The molecule has 0 bridgehead atoms. The number of hydrogen-bond acceptors (Lipinski definition) is 7. The van der Waals surface area contributed by atoms with Crippen LogP contribution in [0.2, 0.25) is 0 Å². The number of fused-ring (bicyclic) bond motifs is 1. The van der Waals surface area contributed by atoms with Crippen LogP contribution in [0.4, 0.5) is 17.6 Å². The molecular formula is C14H17N7O. The van der Waals surface area contributed by atoms with E-state index in [4.69, 9.17) is 4.74 Å². The molecule has 0 radical (unpaired) electrons. The molecule has 8 nitrogen and oxygen atoms in total. The lowest BCUT2D eigenvalue weighted by Gasteiger charge is -2.11. The summed E-state index contributed by atoms with van der Waals surface area (Å²) in [5.74, 6) is 0.876. The number of ether oxygens (including phenoxy) is 1. The highest BCUT2D eigenvalue weighted by Crippen LogP contribution is 2.20. The van der Waals surface area contributed by atoms with E-state index < -0.39 is 0 Å². The molecular weight excluding hydrogens is 282 g/mol. The zero-order valence-corrected chi connectivity index (χ0v) is 12.6. The molecule has 8 heteroatoms. The molecule has 0 fully saturated rings. The van der Waals surface area contributed by atoms with Crippen molar-refractivity contribution in [3.05, 3.63) is 24.4 Å². The Morgan fingerprint density at radius 2 is 1.95 bits per heavy atom. The molecule has 0 saturated carbocycles. The SMILES string of the molecule is COc1nc(Nc2ccc3cn[nH]c3c2)nc(NC(C)C)n1. The van der Waals surface area contributed by atoms with Crippen LogP contribution < -0.4 is 15.4 Å². The quantitative estimate of drug-likeness (QED) is 0.664. The van der Waals surface area contributed by atoms with E-state index in [1.807, 2.05) is 32.0 Å². The molecule has 3 aromatic rings. The Kier molecular flexibility index (Phi) is 3.73. The number of hydrogen-bond donors (Lipinski definition) is 3. The number of benzene rings is 1. The molecule has 0 amide bonds. The third-order valence-electron chi connectivity index (χ3n) is 2.91. The van der Waals surface area contributed by atoms with Gasteiger partial charge in [-0.25, -0.2) is 0 Å². The van der Waals surface area contributed by atoms with E-state index in [9.17, 15) is 0 Å². The summed E-state index contributed by atoms with van der Waals surface area (Å²) in [7, 11) is 1.52. The lowest BCUT2D eigenvalue weighted by molar-refractivity contribution is 0.379. The van der Waals surface area contributed by atoms with Crippen LogP contribution in [0.3, 0.4) is 0 Å². The number of nitrogens with one attached hydrogen (secondary N) is 3. The highest BCUT2D eigenvalue weighted by Gasteiger charge is 2.08. The van der Waals surface area contributed by atoms with Gasteiger partial charge in [0.25, 0.3) is 0 Å². The minimum Gasteiger partial charge on any atom is -0.467 e. The zero-order valence-electron chi connectivity index (χ0n) is 12.6. The summed E-state index contributed by atoms with van der Waals surface area (Å²) < 4.78 is 5.11. The van der Waals surface area contributed by atoms with Gasteiger partial charge in [0.2, 0.25) is 11.9 Å². The van der Waals surface area contributed by atoms with Gasteiger partial charge in [0, 0.05) is 17.1 Å². The lowest BCUT2D eigenvalue weighted by Crippen LogP contribution is -2.14. The maximum absolute atomic E-state index is 5.11. The molecule has 0 unspecified atom stereocenters. The molecule has 3 rings (SSSR count). The normalized spacial score (nSPS) is 10.9. The molecule has 0 aliphatic rings. The summed E-state index contributed by atoms with van der Waals surface area (Å²) in [4.78, 5) is 12.7. The minimum absolute atomic E-state index is 0.210. The Bertz CT molecular complexity index is 784. The highest BCUT2D eigenvalue weighted by molar-refractivity contribution is 5.82. The molecule has 2 heterocycles. The molecule has 0 saturated heterocycles. The van der Waals surface area contributed by atoms with Gasteiger partial charge < -0.3 is 15.4 Å². The van der Waals surface area contributed by atoms with Gasteiger partial charge in [-0.15, -0.1) is 0 Å². The Labute approximate surface area is 127 Å². The summed E-state index contributed by atoms with van der Waals surface area (Å²) in [5.41, 5.74) is 1.78. The van der Waals surface area contributed by atoms with Gasteiger partial charge in [-0.1, -0.05) is 0 Å². The number of rotatable bonds is 5. The molecule has 2 aromatic heterocycles. The van der Waals surface area contributed by atoms with Crippen molar-refractivity contribution < 1.29 is 4.74 Å². The smallest absolute Gasteiger partial charge is 0.322 e. The van der Waals surface area contributed by atoms with Crippen LogP contribution in [0.5, 0.6) is 6.01 Å². The van der Waals surface area contributed by atoms with Crippen molar-refractivity contribution in [2.45, 2.75) is 19.9 Å². The molecule has 3 N–H and O–H groups in total. The van der Waals surface area contributed by atoms with Crippen molar-refractivity contribution in [2.24, 2.45) is 0 Å². The number of H-pyrrole nitrogens is 1. The molecule has 0 spiro atoms. The number of nitrogens with zero attached hydrogens (tertiary/aromatic N) is 4. The monoisotopic (exact) mass is 299 g/mol. The summed E-state index contributed by atoms with van der Waals surface area (Å²) in [6.45, 7) is 4.02. The standard InChI is InChI=1S/C14H17N7O/c1-8(2)16-12-18-13(20-14(19-12)22-3)17-10-5-4-9-7-15-21-11(9)6-10/h4-8H,1-3H3,(H,15,21)(H2,16,17,18,19,20). The molecule has 0 aliphatic heterocycles. The Balaban J connectivity index is 1.89. The summed E-state index contributed by atoms with van der Waals surface area (Å²) >= 11 is 0. The van der Waals surface area contributed by atoms with Crippen molar-refractivity contribution in [1.82, 2.24) is 25.1 Å². The first kappa shape index (κ1) is 14.1. The van der Waals surface area contributed by atoms with Crippen LogP contribution in [0, 0.1) is 0 Å². The van der Waals surface area contributed by atoms with E-state index in [1.54, 1.807) is 6.20 Å². The predicted molar refractivity (Wildman–Crippen MR) is 84.5 cm³/mol. The van der Waals surface area contributed by atoms with E-state index in [2.05, 4.69) is 35.8 Å². The maximum atomic E-state index is 5.11. The first-order valence-corrected chi connectivity index (χ1v) is 6.91. The van der Waals surface area contributed by atoms with Crippen molar-refractivity contribution in [3.63, 3.8) is 0 Å². The van der Waals surface area contributed by atoms with Crippen LogP contribution in [0.25, 0.3) is 10.9 Å². The van der Waals surface area contributed by atoms with E-state index in [1.165, 1.54) is 7.11 Å². The summed E-state index contributed by atoms with van der Waals surface area (Å²) in [6, 6.07) is 6.30. The van der Waals surface area contributed by atoms with E-state index in [-0.39, 0.29) is 12.1 Å². The van der Waals surface area contributed by atoms with E-state index in [0.717, 1.165) is 16.6 Å². The highest BCUT2D eigenvalue weighted by atomic mass is 16.5. The average Bonchev–Trinajstić information content (AvgIpc) is 2.93. The van der Waals surface area contributed by atoms with Crippen molar-refractivity contribution >= 4 is 28.5 Å². The van der Waals surface area contributed by atoms with E-state index in [0.29, 0.717) is 11.9 Å². The third kappa shape index (κ3) is 3.05. The van der Waals surface area contributed by atoms with Gasteiger partial charge in [-0.05, 0) is 32.0 Å². The number of anilines is 3. The third-order valence-corrected chi connectivity index (χ3v) is 2.91. The second-order valence-corrected chi connectivity index (χ2v) is 5.07. The summed E-state index contributed by atoms with van der Waals surface area (Å²) in [6.07, 6.45) is 1.77. The molecule has 0 aliphatic carbocycles. The zero-order chi connectivity index (χ0) is 15.5. The van der Waals surface area contributed by atoms with Crippen LogP contribution in [-0.4, -0.2) is 38.3 Å². The van der Waals surface area contributed by atoms with Crippen LogP contribution in [-0.2, 0) is 0 Å². The fraction of sp³-hybridized carbons (Fsp3) is 0.286. The largest absolute Gasteiger partial charge is 0.467 e. The first-order valence-electron chi connectivity index (χ1n) is 6.91. The van der Waals surface area contributed by atoms with Crippen LogP contribution in [0.15, 0.2) is 24.4 Å². The predicted octanol–water partition coefficient (Wildman–Crippen LogP) is 2.32. The van der Waals surface area contributed by atoms with Crippen molar-refractivity contribution in [1.29, 1.82) is 0 Å². The van der Waals surface area contributed by atoms with E-state index >= 15 is 0 Å². The van der Waals surface area contributed by atoms with Gasteiger partial charge in [-0.3, -0.25) is 5.10 Å². The van der Waals surface area contributed by atoms with Crippen molar-refractivity contribution in [3.8, 4) is 6.01 Å². The van der Waals surface area contributed by atoms with Crippen LogP contribution in [0.1, 0.15) is 13.8 Å². The Hall–Kier alpha value is -2.90. The Morgan fingerprint density at radius 3 is 2.73 bits per heavy atom. The minimum atomic E-state index is 0.210. The number of aromatic amines is 1. The second kappa shape index (κ2) is 5.84. The lowest BCUT2D eigenvalue weighted by atomic mass is 10.2. The molecule has 114 valence electrons. The van der Waals surface area contributed by atoms with Crippen molar-refractivity contribution in [2.75, 3.05) is 17.7 Å². The number of aromatic nitrogens is 5. The topological polar surface area (TPSA) is 101 Å². The molecule has 22 heavy (non-hydrogen) atoms. The fourth-order valence-corrected chi connectivity index (χ4v) is 1.97. The maximum Gasteiger partial charge on any atom is 0.322 e. The Morgan fingerprint density at radius 1 is 1.14 bits per heavy atom. The fourth-order valence-electron chi connectivity index (χ4n) is 1.97. The van der Waals surface area contributed by atoms with Gasteiger partial charge in [0.05, 0.1) is 18.8 Å². The number of methoxy groups -OCH3 is 1. The van der Waals surface area contributed by atoms with Crippen LogP contribution >= 0.6 is 0 Å². The van der Waals surface area contributed by atoms with Gasteiger partial charge in [-0.2, -0.15) is 20.1 Å².